The van der Waals surface area contributed by atoms with Crippen LogP contribution in [0.3, 0.4) is 0 Å². The SMILES string of the molecule is Cc1ccc(N2CC(C(=O)NC3CCC(Oc4ccc(Cl)cn4)CC3)CC2=O)cc1C. The molecule has 164 valence electrons. The van der Waals surface area contributed by atoms with E-state index in [1.807, 2.05) is 32.0 Å². The third-order valence-electron chi connectivity index (χ3n) is 6.31. The second-order valence-corrected chi connectivity index (χ2v) is 9.03. The van der Waals surface area contributed by atoms with E-state index in [1.165, 1.54) is 5.56 Å². The first-order chi connectivity index (χ1) is 14.9. The van der Waals surface area contributed by atoms with Crippen LogP contribution in [0.5, 0.6) is 5.88 Å². The monoisotopic (exact) mass is 441 g/mol. The summed E-state index contributed by atoms with van der Waals surface area (Å²) in [5.41, 5.74) is 3.21. The number of rotatable bonds is 5. The minimum absolute atomic E-state index is 0.0102. The van der Waals surface area contributed by atoms with Gasteiger partial charge in [0.2, 0.25) is 17.7 Å². The van der Waals surface area contributed by atoms with Gasteiger partial charge in [0.15, 0.2) is 0 Å². The lowest BCUT2D eigenvalue weighted by Gasteiger charge is -2.29. The largest absolute Gasteiger partial charge is 0.474 e. The fourth-order valence-corrected chi connectivity index (χ4v) is 4.38. The van der Waals surface area contributed by atoms with Crippen molar-refractivity contribution in [2.75, 3.05) is 11.4 Å². The van der Waals surface area contributed by atoms with Gasteiger partial charge in [-0.05, 0) is 68.9 Å². The molecule has 1 aromatic carbocycles. The Morgan fingerprint density at radius 1 is 1.13 bits per heavy atom. The molecular formula is C24H28ClN3O3. The van der Waals surface area contributed by atoms with Crippen LogP contribution in [0.25, 0.3) is 0 Å². The summed E-state index contributed by atoms with van der Waals surface area (Å²) in [4.78, 5) is 31.3. The zero-order valence-corrected chi connectivity index (χ0v) is 18.7. The maximum absolute atomic E-state index is 12.8. The first kappa shape index (κ1) is 21.6. The van der Waals surface area contributed by atoms with Crippen LogP contribution in [0.4, 0.5) is 5.69 Å². The number of carbonyl (C=O) groups excluding carboxylic acids is 2. The Balaban J connectivity index is 1.27. The second-order valence-electron chi connectivity index (χ2n) is 8.59. The molecule has 1 aliphatic heterocycles. The van der Waals surface area contributed by atoms with E-state index in [2.05, 4.69) is 10.3 Å². The second kappa shape index (κ2) is 9.27. The minimum Gasteiger partial charge on any atom is -0.474 e. The molecule has 1 aliphatic carbocycles. The number of nitrogens with one attached hydrogen (secondary N) is 1. The first-order valence-electron chi connectivity index (χ1n) is 10.9. The Bertz CT molecular complexity index is 955. The van der Waals surface area contributed by atoms with Gasteiger partial charge in [0.05, 0.1) is 10.9 Å². The Morgan fingerprint density at radius 3 is 2.58 bits per heavy atom. The van der Waals surface area contributed by atoms with Crippen LogP contribution in [0.1, 0.15) is 43.2 Å². The van der Waals surface area contributed by atoms with E-state index in [1.54, 1.807) is 23.2 Å². The molecular weight excluding hydrogens is 414 g/mol. The number of hydrogen-bond donors (Lipinski definition) is 1. The van der Waals surface area contributed by atoms with Gasteiger partial charge in [0.1, 0.15) is 6.10 Å². The van der Waals surface area contributed by atoms with Crippen LogP contribution < -0.4 is 15.0 Å². The smallest absolute Gasteiger partial charge is 0.227 e. The molecule has 1 saturated carbocycles. The number of anilines is 1. The lowest BCUT2D eigenvalue weighted by Crippen LogP contribution is -2.43. The highest BCUT2D eigenvalue weighted by atomic mass is 35.5. The number of amides is 2. The highest BCUT2D eigenvalue weighted by Crippen LogP contribution is 2.28. The maximum Gasteiger partial charge on any atom is 0.227 e. The summed E-state index contributed by atoms with van der Waals surface area (Å²) in [7, 11) is 0. The number of aromatic nitrogens is 1. The third-order valence-corrected chi connectivity index (χ3v) is 6.53. The highest BCUT2D eigenvalue weighted by molar-refractivity contribution is 6.30. The summed E-state index contributed by atoms with van der Waals surface area (Å²) in [6.07, 6.45) is 5.35. The Morgan fingerprint density at radius 2 is 1.90 bits per heavy atom. The number of nitrogens with zero attached hydrogens (tertiary/aromatic N) is 2. The summed E-state index contributed by atoms with van der Waals surface area (Å²) in [5.74, 6) is 0.258. The number of benzene rings is 1. The quantitative estimate of drug-likeness (QED) is 0.754. The molecule has 1 unspecified atom stereocenters. The molecule has 1 aromatic heterocycles. The molecule has 2 aromatic rings. The van der Waals surface area contributed by atoms with E-state index >= 15 is 0 Å². The minimum atomic E-state index is -0.304. The molecule has 6 nitrogen and oxygen atoms in total. The Hall–Kier alpha value is -2.60. The average Bonchev–Trinajstić information content (AvgIpc) is 3.15. The summed E-state index contributed by atoms with van der Waals surface area (Å²) < 4.78 is 5.92. The topological polar surface area (TPSA) is 71.5 Å². The van der Waals surface area contributed by atoms with Crippen molar-refractivity contribution in [3.05, 3.63) is 52.7 Å². The maximum atomic E-state index is 12.8. The summed E-state index contributed by atoms with van der Waals surface area (Å²) in [5, 5.41) is 3.74. The van der Waals surface area contributed by atoms with Gasteiger partial charge in [-0.1, -0.05) is 17.7 Å². The molecule has 2 fully saturated rings. The van der Waals surface area contributed by atoms with Crippen molar-refractivity contribution in [1.82, 2.24) is 10.3 Å². The van der Waals surface area contributed by atoms with Gasteiger partial charge in [-0.2, -0.15) is 0 Å². The molecule has 0 spiro atoms. The molecule has 0 radical (unpaired) electrons. The summed E-state index contributed by atoms with van der Waals surface area (Å²) in [6, 6.07) is 9.65. The number of hydrogen-bond acceptors (Lipinski definition) is 4. The lowest BCUT2D eigenvalue weighted by atomic mass is 9.92. The fraction of sp³-hybridized carbons (Fsp3) is 0.458. The molecule has 4 rings (SSSR count). The zero-order valence-electron chi connectivity index (χ0n) is 17.9. The molecule has 2 aliphatic rings. The van der Waals surface area contributed by atoms with Crippen LogP contribution in [0.15, 0.2) is 36.5 Å². The zero-order chi connectivity index (χ0) is 22.0. The van der Waals surface area contributed by atoms with Crippen molar-refractivity contribution in [2.45, 2.75) is 58.1 Å². The van der Waals surface area contributed by atoms with Crippen LogP contribution in [0, 0.1) is 19.8 Å². The van der Waals surface area contributed by atoms with E-state index in [0.29, 0.717) is 17.4 Å². The van der Waals surface area contributed by atoms with Gasteiger partial charge in [0, 0.05) is 37.0 Å². The first-order valence-corrected chi connectivity index (χ1v) is 11.2. The molecule has 1 N–H and O–H groups in total. The van der Waals surface area contributed by atoms with Crippen molar-refractivity contribution in [3.8, 4) is 5.88 Å². The van der Waals surface area contributed by atoms with Crippen molar-refractivity contribution < 1.29 is 14.3 Å². The van der Waals surface area contributed by atoms with Gasteiger partial charge < -0.3 is 15.0 Å². The van der Waals surface area contributed by atoms with Crippen molar-refractivity contribution >= 4 is 29.1 Å². The van der Waals surface area contributed by atoms with Gasteiger partial charge >= 0.3 is 0 Å². The normalized spacial score (nSPS) is 23.6. The van der Waals surface area contributed by atoms with Gasteiger partial charge in [-0.3, -0.25) is 9.59 Å². The number of pyridine rings is 1. The van der Waals surface area contributed by atoms with E-state index in [9.17, 15) is 9.59 Å². The summed E-state index contributed by atoms with van der Waals surface area (Å²) >= 11 is 5.86. The Kier molecular flexibility index (Phi) is 6.46. The van der Waals surface area contributed by atoms with E-state index in [4.69, 9.17) is 16.3 Å². The van der Waals surface area contributed by atoms with Gasteiger partial charge in [-0.15, -0.1) is 0 Å². The molecule has 2 amide bonds. The van der Waals surface area contributed by atoms with Crippen molar-refractivity contribution in [3.63, 3.8) is 0 Å². The Labute approximate surface area is 187 Å². The van der Waals surface area contributed by atoms with E-state index < -0.39 is 0 Å². The molecule has 1 saturated heterocycles. The predicted octanol–water partition coefficient (Wildman–Crippen LogP) is 4.21. The third kappa shape index (κ3) is 5.18. The lowest BCUT2D eigenvalue weighted by molar-refractivity contribution is -0.127. The standard InChI is InChI=1S/C24H28ClN3O3/c1-15-3-7-20(11-16(15)2)28-14-17(12-23(28)29)24(30)27-19-5-8-21(9-6-19)31-22-10-4-18(25)13-26-22/h3-4,7,10-11,13,17,19,21H,5-6,8-9,12,14H2,1-2H3,(H,27,30). The number of carbonyl (C=O) groups is 2. The predicted molar refractivity (Wildman–Crippen MR) is 120 cm³/mol. The molecule has 31 heavy (non-hydrogen) atoms. The molecule has 2 heterocycles. The van der Waals surface area contributed by atoms with Crippen LogP contribution >= 0.6 is 11.6 Å². The fourth-order valence-electron chi connectivity index (χ4n) is 4.27. The van der Waals surface area contributed by atoms with Crippen molar-refractivity contribution in [2.24, 2.45) is 5.92 Å². The van der Waals surface area contributed by atoms with Gasteiger partial charge in [0.25, 0.3) is 0 Å². The van der Waals surface area contributed by atoms with Crippen LogP contribution in [-0.2, 0) is 9.59 Å². The average molecular weight is 442 g/mol. The number of aryl methyl sites for hydroxylation is 2. The highest BCUT2D eigenvalue weighted by Gasteiger charge is 2.36. The number of halogens is 1. The van der Waals surface area contributed by atoms with Crippen molar-refractivity contribution in [1.29, 1.82) is 0 Å². The molecule has 0 bridgehead atoms. The van der Waals surface area contributed by atoms with Gasteiger partial charge in [-0.25, -0.2) is 4.98 Å². The van der Waals surface area contributed by atoms with E-state index in [0.717, 1.165) is 36.9 Å². The van der Waals surface area contributed by atoms with Crippen LogP contribution in [0.2, 0.25) is 5.02 Å². The molecule has 1 atom stereocenters. The summed E-state index contributed by atoms with van der Waals surface area (Å²) in [6.45, 7) is 4.52. The molecule has 7 heteroatoms. The number of ether oxygens (including phenoxy) is 1. The van der Waals surface area contributed by atoms with Crippen LogP contribution in [-0.4, -0.2) is 35.5 Å². The van der Waals surface area contributed by atoms with E-state index in [-0.39, 0.29) is 36.3 Å².